The quantitative estimate of drug-likeness (QED) is 0.703. The Bertz CT molecular complexity index is 610. The molecule has 0 aliphatic heterocycles. The first kappa shape index (κ1) is 15.0. The summed E-state index contributed by atoms with van der Waals surface area (Å²) in [6, 6.07) is 11.2. The third-order valence-electron chi connectivity index (χ3n) is 3.53. The van der Waals surface area contributed by atoms with E-state index in [4.69, 9.17) is 4.74 Å². The highest BCUT2D eigenvalue weighted by Gasteiger charge is 2.18. The first-order valence-electron chi connectivity index (χ1n) is 6.55. The largest absolute Gasteiger partial charge is 0.496 e. The third-order valence-corrected chi connectivity index (χ3v) is 4.31. The van der Waals surface area contributed by atoms with Crippen LogP contribution in [0.3, 0.4) is 0 Å². The lowest BCUT2D eigenvalue weighted by Crippen LogP contribution is -2.02. The van der Waals surface area contributed by atoms with Crippen LogP contribution in [-0.2, 0) is 6.42 Å². The van der Waals surface area contributed by atoms with Gasteiger partial charge in [0, 0.05) is 5.56 Å². The molecule has 0 aliphatic rings. The highest BCUT2D eigenvalue weighted by molar-refractivity contribution is 9.09. The predicted molar refractivity (Wildman–Crippen MR) is 84.2 cm³/mol. The summed E-state index contributed by atoms with van der Waals surface area (Å²) in [7, 11) is 1.56. The number of aryl methyl sites for hydroxylation is 2. The Balaban J connectivity index is 2.28. The van der Waals surface area contributed by atoms with Gasteiger partial charge < -0.3 is 4.74 Å². The van der Waals surface area contributed by atoms with Gasteiger partial charge in [-0.05, 0) is 49.1 Å². The first-order chi connectivity index (χ1) is 9.52. The summed E-state index contributed by atoms with van der Waals surface area (Å²) in [6.07, 6.45) is 0.721. The molecule has 0 heterocycles. The molecule has 1 atom stereocenters. The van der Waals surface area contributed by atoms with Gasteiger partial charge in [-0.25, -0.2) is 4.39 Å². The Morgan fingerprint density at radius 2 is 1.90 bits per heavy atom. The number of hydrogen-bond donors (Lipinski definition) is 0. The molecule has 0 spiro atoms. The van der Waals surface area contributed by atoms with Crippen molar-refractivity contribution < 1.29 is 9.13 Å². The minimum Gasteiger partial charge on any atom is -0.496 e. The first-order valence-corrected chi connectivity index (χ1v) is 7.47. The smallest absolute Gasteiger partial charge is 0.131 e. The monoisotopic (exact) mass is 336 g/mol. The van der Waals surface area contributed by atoms with Crippen molar-refractivity contribution in [3.8, 4) is 5.75 Å². The van der Waals surface area contributed by atoms with Crippen LogP contribution in [-0.4, -0.2) is 7.11 Å². The van der Waals surface area contributed by atoms with Crippen LogP contribution in [0, 0.1) is 19.7 Å². The molecule has 1 unspecified atom stereocenters. The van der Waals surface area contributed by atoms with Gasteiger partial charge in [0.05, 0.1) is 11.9 Å². The van der Waals surface area contributed by atoms with Crippen LogP contribution in [0.2, 0.25) is 0 Å². The van der Waals surface area contributed by atoms with Crippen molar-refractivity contribution in [2.45, 2.75) is 25.1 Å². The highest BCUT2D eigenvalue weighted by atomic mass is 79.9. The molecule has 0 N–H and O–H groups in total. The minimum absolute atomic E-state index is 0.110. The number of rotatable bonds is 4. The second kappa shape index (κ2) is 6.40. The van der Waals surface area contributed by atoms with E-state index in [-0.39, 0.29) is 10.6 Å². The summed E-state index contributed by atoms with van der Waals surface area (Å²) in [5.74, 6) is 0.339. The summed E-state index contributed by atoms with van der Waals surface area (Å²) < 4.78 is 19.3. The average molecular weight is 337 g/mol. The van der Waals surface area contributed by atoms with Crippen LogP contribution in [0.5, 0.6) is 5.75 Å². The van der Waals surface area contributed by atoms with Crippen molar-refractivity contribution in [2.24, 2.45) is 0 Å². The van der Waals surface area contributed by atoms with E-state index >= 15 is 0 Å². The van der Waals surface area contributed by atoms with Gasteiger partial charge in [-0.3, -0.25) is 0 Å². The number of halogens is 2. The molecule has 0 fully saturated rings. The lowest BCUT2D eigenvalue weighted by atomic mass is 9.99. The van der Waals surface area contributed by atoms with Crippen molar-refractivity contribution in [2.75, 3.05) is 7.11 Å². The van der Waals surface area contributed by atoms with E-state index in [1.807, 2.05) is 0 Å². The Morgan fingerprint density at radius 1 is 1.15 bits per heavy atom. The van der Waals surface area contributed by atoms with Crippen LogP contribution < -0.4 is 4.74 Å². The van der Waals surface area contributed by atoms with Gasteiger partial charge in [0.1, 0.15) is 11.6 Å². The average Bonchev–Trinajstić information content (AvgIpc) is 2.42. The van der Waals surface area contributed by atoms with E-state index in [2.05, 4.69) is 48.0 Å². The Hall–Kier alpha value is -1.35. The van der Waals surface area contributed by atoms with Gasteiger partial charge >= 0.3 is 0 Å². The third kappa shape index (κ3) is 3.21. The minimum atomic E-state index is -0.241. The zero-order valence-corrected chi connectivity index (χ0v) is 13.5. The van der Waals surface area contributed by atoms with Crippen molar-refractivity contribution in [1.82, 2.24) is 0 Å². The van der Waals surface area contributed by atoms with E-state index < -0.39 is 0 Å². The van der Waals surface area contributed by atoms with Crippen LogP contribution in [0.15, 0.2) is 36.4 Å². The molecule has 20 heavy (non-hydrogen) atoms. The van der Waals surface area contributed by atoms with Gasteiger partial charge in [-0.2, -0.15) is 0 Å². The Morgan fingerprint density at radius 3 is 2.55 bits per heavy atom. The van der Waals surface area contributed by atoms with Crippen LogP contribution in [0.25, 0.3) is 0 Å². The fourth-order valence-electron chi connectivity index (χ4n) is 2.24. The maximum Gasteiger partial charge on any atom is 0.131 e. The summed E-state index contributed by atoms with van der Waals surface area (Å²) in [6.45, 7) is 4.18. The summed E-state index contributed by atoms with van der Waals surface area (Å²) in [5.41, 5.74) is 4.28. The molecular formula is C17H18BrFO. The SMILES string of the molecule is COc1cccc(F)c1C(Br)Cc1ccc(C)c(C)c1. The van der Waals surface area contributed by atoms with Gasteiger partial charge in [0.15, 0.2) is 0 Å². The maximum atomic E-state index is 14.0. The Labute approximate surface area is 127 Å². The summed E-state index contributed by atoms with van der Waals surface area (Å²) in [4.78, 5) is -0.110. The molecule has 0 aromatic heterocycles. The maximum absolute atomic E-state index is 14.0. The molecule has 0 saturated heterocycles. The normalized spacial score (nSPS) is 12.2. The van der Waals surface area contributed by atoms with Crippen molar-refractivity contribution in [1.29, 1.82) is 0 Å². The zero-order chi connectivity index (χ0) is 14.7. The molecule has 0 radical (unpaired) electrons. The van der Waals surface area contributed by atoms with E-state index in [9.17, 15) is 4.39 Å². The molecule has 0 saturated carbocycles. The molecule has 0 amide bonds. The van der Waals surface area contributed by atoms with Crippen molar-refractivity contribution >= 4 is 15.9 Å². The number of ether oxygens (including phenoxy) is 1. The fraction of sp³-hybridized carbons (Fsp3) is 0.294. The predicted octanol–water partition coefficient (Wildman–Crippen LogP) is 5.13. The van der Waals surface area contributed by atoms with Crippen molar-refractivity contribution in [3.05, 3.63) is 64.5 Å². The van der Waals surface area contributed by atoms with Crippen LogP contribution >= 0.6 is 15.9 Å². The van der Waals surface area contributed by atoms with Gasteiger partial charge in [-0.15, -0.1) is 0 Å². The molecule has 0 aliphatic carbocycles. The molecule has 2 aromatic rings. The topological polar surface area (TPSA) is 9.23 Å². The van der Waals surface area contributed by atoms with Gasteiger partial charge in [0.25, 0.3) is 0 Å². The fourth-order valence-corrected chi connectivity index (χ4v) is 3.06. The standard InChI is InChI=1S/C17H18BrFO/c1-11-7-8-13(9-12(11)2)10-14(18)17-15(19)5-4-6-16(17)20-3/h4-9,14H,10H2,1-3H3. The van der Waals surface area contributed by atoms with Gasteiger partial charge in [-0.1, -0.05) is 40.2 Å². The molecule has 2 aromatic carbocycles. The van der Waals surface area contributed by atoms with Crippen LogP contribution in [0.1, 0.15) is 27.1 Å². The molecular weight excluding hydrogens is 319 g/mol. The number of methoxy groups -OCH3 is 1. The lowest BCUT2D eigenvalue weighted by molar-refractivity contribution is 0.404. The molecule has 2 rings (SSSR count). The van der Waals surface area contributed by atoms with E-state index in [1.54, 1.807) is 19.2 Å². The molecule has 1 nitrogen and oxygen atoms in total. The zero-order valence-electron chi connectivity index (χ0n) is 11.9. The lowest BCUT2D eigenvalue weighted by Gasteiger charge is -2.16. The summed E-state index contributed by atoms with van der Waals surface area (Å²) in [5, 5.41) is 0. The second-order valence-electron chi connectivity index (χ2n) is 4.95. The summed E-state index contributed by atoms with van der Waals surface area (Å²) >= 11 is 3.59. The van der Waals surface area contributed by atoms with Gasteiger partial charge in [0.2, 0.25) is 0 Å². The molecule has 3 heteroatoms. The van der Waals surface area contributed by atoms with Crippen LogP contribution in [0.4, 0.5) is 4.39 Å². The molecule has 0 bridgehead atoms. The van der Waals surface area contributed by atoms with Crippen molar-refractivity contribution in [3.63, 3.8) is 0 Å². The van der Waals surface area contributed by atoms with E-state index in [1.165, 1.54) is 22.8 Å². The van der Waals surface area contributed by atoms with E-state index in [0.717, 1.165) is 6.42 Å². The number of benzene rings is 2. The number of alkyl halides is 1. The Kier molecular flexibility index (Phi) is 4.81. The van der Waals surface area contributed by atoms with E-state index in [0.29, 0.717) is 11.3 Å². The number of hydrogen-bond acceptors (Lipinski definition) is 1. The second-order valence-corrected chi connectivity index (χ2v) is 6.05. The highest BCUT2D eigenvalue weighted by Crippen LogP contribution is 2.35. The molecule has 106 valence electrons.